The SMILES string of the molecule is C.C.C.C.C.C.C.C.C.C=C(CC(C)C)C1CC(=O)N(CCC[Si](C)(O[Si](C)(C)C)O[Si](C)(C)O[Si](C)(C)C)C1=O.C=C(CC(C)C)C1CC(=O)OC1=O.C[Si](C)(C)O[Si](C)(C)O[Si](C)(CCCN)O[Si](C)(C)C. The molecule has 74 heavy (non-hydrogen) atoms. The molecule has 4 unspecified atom stereocenters. The molecule has 0 saturated carbocycles. The van der Waals surface area contributed by atoms with Crippen molar-refractivity contribution < 1.29 is 48.6 Å². The van der Waals surface area contributed by atoms with E-state index in [1.54, 1.807) is 0 Å². The van der Waals surface area contributed by atoms with E-state index in [-0.39, 0.29) is 97.4 Å². The summed E-state index contributed by atoms with van der Waals surface area (Å²) in [7, 11) is -16.1. The number of hydrogen-bond donors (Lipinski definition) is 1. The summed E-state index contributed by atoms with van der Waals surface area (Å²) >= 11 is 0. The van der Waals surface area contributed by atoms with Crippen molar-refractivity contribution in [2.24, 2.45) is 29.4 Å². The molecule has 4 atom stereocenters. The molecule has 2 aliphatic heterocycles. The van der Waals surface area contributed by atoms with Gasteiger partial charge in [0.2, 0.25) is 11.8 Å². The summed E-state index contributed by atoms with van der Waals surface area (Å²) in [6.45, 7) is 56.5. The van der Waals surface area contributed by atoms with Gasteiger partial charge in [-0.05, 0) is 174 Å². The number of nitrogens with zero attached hydrogens (tertiary/aromatic N) is 1. The van der Waals surface area contributed by atoms with Crippen LogP contribution < -0.4 is 5.73 Å². The van der Waals surface area contributed by atoms with Crippen LogP contribution in [0.15, 0.2) is 24.3 Å². The first-order valence-electron chi connectivity index (χ1n) is 23.8. The lowest BCUT2D eigenvalue weighted by molar-refractivity contribution is -0.153. The zero-order valence-electron chi connectivity index (χ0n) is 45.3. The molecular weight excluding hydrogens is 1070 g/mol. The van der Waals surface area contributed by atoms with Crippen LogP contribution >= 0.6 is 0 Å². The van der Waals surface area contributed by atoms with Gasteiger partial charge >= 0.3 is 46.2 Å². The largest absolute Gasteiger partial charge is 0.437 e. The molecule has 2 aliphatic rings. The number of ether oxygens (including phenoxy) is 1. The third-order valence-electron chi connectivity index (χ3n) is 9.36. The smallest absolute Gasteiger partial charge is 0.321 e. The molecule has 0 aliphatic carbocycles. The molecule has 2 amide bonds. The van der Waals surface area contributed by atoms with Crippen molar-refractivity contribution in [3.63, 3.8) is 0 Å². The molecule has 2 heterocycles. The van der Waals surface area contributed by atoms with E-state index >= 15 is 0 Å². The second-order valence-corrected chi connectivity index (χ2v) is 56.8. The second-order valence-electron chi connectivity index (χ2n) is 23.8. The van der Waals surface area contributed by atoms with Gasteiger partial charge in [0, 0.05) is 13.0 Å². The Bertz CT molecular complexity index is 1610. The van der Waals surface area contributed by atoms with Gasteiger partial charge in [-0.1, -0.05) is 119 Å². The Balaban J connectivity index is -0.000000106. The first kappa shape index (κ1) is 95.5. The van der Waals surface area contributed by atoms with Crippen molar-refractivity contribution in [3.05, 3.63) is 24.3 Å². The minimum atomic E-state index is -2.54. The average Bonchev–Trinajstić information content (AvgIpc) is 3.51. The number of hydrogen-bond acceptors (Lipinski definition) is 12. The van der Waals surface area contributed by atoms with Crippen molar-refractivity contribution in [3.8, 4) is 0 Å². The predicted octanol–water partition coefficient (Wildman–Crippen LogP) is 17.1. The number of nitrogens with two attached hydrogens (primary N) is 1. The van der Waals surface area contributed by atoms with Gasteiger partial charge in [0.1, 0.15) is 0 Å². The van der Waals surface area contributed by atoms with Gasteiger partial charge in [0.15, 0.2) is 33.3 Å². The van der Waals surface area contributed by atoms with Crippen molar-refractivity contribution in [1.29, 1.82) is 0 Å². The second kappa shape index (κ2) is 38.8. The van der Waals surface area contributed by atoms with Gasteiger partial charge in [-0.2, -0.15) is 0 Å². The first-order chi connectivity index (χ1) is 28.9. The fraction of sp³-hybridized carbons (Fsp3) is 0.849. The van der Waals surface area contributed by atoms with Gasteiger partial charge in [0.05, 0.1) is 18.3 Å². The number of carbonyl (C=O) groups is 4. The summed E-state index contributed by atoms with van der Waals surface area (Å²) in [5.74, 6) is -0.918. The van der Waals surface area contributed by atoms with E-state index in [0.717, 1.165) is 42.5 Å². The van der Waals surface area contributed by atoms with E-state index in [0.29, 0.717) is 31.3 Å². The Morgan fingerprint density at radius 3 is 1.14 bits per heavy atom. The Kier molecular flexibility index (Phi) is 50.0. The predicted molar refractivity (Wildman–Crippen MR) is 348 cm³/mol. The fourth-order valence-electron chi connectivity index (χ4n) is 8.44. The van der Waals surface area contributed by atoms with Crippen LogP contribution in [0.3, 0.4) is 0 Å². The van der Waals surface area contributed by atoms with E-state index in [2.05, 4.69) is 150 Å². The normalized spacial score (nSPS) is 17.3. The molecule has 452 valence electrons. The molecule has 0 aromatic heterocycles. The minimum Gasteiger partial charge on any atom is -0.437 e. The van der Waals surface area contributed by atoms with Gasteiger partial charge in [0.25, 0.3) is 0 Å². The highest BCUT2D eigenvalue weighted by Gasteiger charge is 2.46. The number of esters is 2. The maximum absolute atomic E-state index is 12.9. The molecule has 21 heteroatoms. The highest BCUT2D eigenvalue weighted by molar-refractivity contribution is 6.90. The van der Waals surface area contributed by atoms with Crippen LogP contribution in [0.4, 0.5) is 0 Å². The van der Waals surface area contributed by atoms with Crippen LogP contribution in [0.25, 0.3) is 0 Å². The van der Waals surface area contributed by atoms with Crippen LogP contribution in [-0.2, 0) is 48.6 Å². The molecule has 0 bridgehead atoms. The van der Waals surface area contributed by atoms with Gasteiger partial charge < -0.3 is 35.2 Å². The zero-order chi connectivity index (χ0) is 51.4. The Labute approximate surface area is 471 Å². The highest BCUT2D eigenvalue weighted by Crippen LogP contribution is 2.33. The van der Waals surface area contributed by atoms with Gasteiger partial charge in [-0.3, -0.25) is 24.1 Å². The molecule has 2 N–H and O–H groups in total. The van der Waals surface area contributed by atoms with Crippen LogP contribution in [-0.4, -0.2) is 109 Å². The number of imide groups is 1. The van der Waals surface area contributed by atoms with E-state index in [1.165, 1.54) is 4.90 Å². The fourth-order valence-corrected chi connectivity index (χ4v) is 44.4. The summed E-state index contributed by atoms with van der Waals surface area (Å²) in [6, 6.07) is 1.69. The monoisotopic (exact) mass is 1200 g/mol. The molecular formula is C53H132N2O11Si8. The van der Waals surface area contributed by atoms with Crippen molar-refractivity contribution in [2.45, 2.75) is 263 Å². The van der Waals surface area contributed by atoms with Gasteiger partial charge in [-0.15, -0.1) is 0 Å². The number of cyclic esters (lactones) is 2. The quantitative estimate of drug-likeness (QED) is 0.0303. The maximum atomic E-state index is 12.9. The van der Waals surface area contributed by atoms with Crippen molar-refractivity contribution in [1.82, 2.24) is 4.90 Å². The number of rotatable bonds is 25. The maximum Gasteiger partial charge on any atom is 0.321 e. The summed E-state index contributed by atoms with van der Waals surface area (Å²) in [4.78, 5) is 48.8. The molecule has 2 fully saturated rings. The van der Waals surface area contributed by atoms with Crippen molar-refractivity contribution in [2.75, 3.05) is 13.1 Å². The van der Waals surface area contributed by atoms with E-state index in [9.17, 15) is 19.2 Å². The van der Waals surface area contributed by atoms with Crippen LogP contribution in [0, 0.1) is 23.7 Å². The lowest BCUT2D eigenvalue weighted by Gasteiger charge is -2.41. The van der Waals surface area contributed by atoms with E-state index in [1.807, 2.05) is 13.8 Å². The summed E-state index contributed by atoms with van der Waals surface area (Å²) in [5.41, 5.74) is 7.36. The summed E-state index contributed by atoms with van der Waals surface area (Å²) in [6.07, 6.45) is 3.62. The molecule has 0 aromatic rings. The summed E-state index contributed by atoms with van der Waals surface area (Å²) < 4.78 is 43.5. The lowest BCUT2D eigenvalue weighted by Crippen LogP contribution is -2.57. The molecule has 0 aromatic carbocycles. The highest BCUT2D eigenvalue weighted by atomic mass is 28.5. The van der Waals surface area contributed by atoms with Crippen LogP contribution in [0.1, 0.15) is 133 Å². The first-order valence-corrected chi connectivity index (χ1v) is 48.1. The zero-order valence-corrected chi connectivity index (χ0v) is 53.3. The molecule has 2 rings (SSSR count). The number of amides is 2. The third kappa shape index (κ3) is 42.2. The van der Waals surface area contributed by atoms with Crippen molar-refractivity contribution >= 4 is 91.3 Å². The van der Waals surface area contributed by atoms with Gasteiger partial charge in [-0.25, -0.2) is 0 Å². The Hall–Kier alpha value is -0.785. The molecule has 13 nitrogen and oxygen atoms in total. The third-order valence-corrected chi connectivity index (χ3v) is 36.5. The standard InChI is InChI=1S/C22H47NO5Si4.C12H35NO3Si4.C10H14O3.9CH4/c1-18(2)16-19(3)20-17-21(24)23(22(20)25)14-13-15-32(12,27-30(7,8)9)28-31(10,11)26-29(4,5)6;1-17(2,3)14-19(7,8)16-20(9,12-10-11-13)15-18(4,5)6;1-6(2)4-7(3)8-5-9(11)13-10(8)12;;;;;;;;;/h18,20H,3,13-17H2,1-2,4-12H3;10-13H2,1-9H3;6,8H,3-5H2,1-2H3;9*1H4. The van der Waals surface area contributed by atoms with E-state index in [4.69, 9.17) is 30.4 Å². The topological polar surface area (TPSA) is 162 Å². The average molecular weight is 1200 g/mol. The molecule has 2 saturated heterocycles. The molecule has 0 radical (unpaired) electrons. The summed E-state index contributed by atoms with van der Waals surface area (Å²) in [5, 5.41) is 0. The van der Waals surface area contributed by atoms with E-state index < -0.39 is 85.4 Å². The van der Waals surface area contributed by atoms with Crippen LogP contribution in [0.5, 0.6) is 0 Å². The lowest BCUT2D eigenvalue weighted by atomic mass is 9.92. The van der Waals surface area contributed by atoms with Crippen LogP contribution in [0.2, 0.25) is 130 Å². The minimum absolute atomic E-state index is 0. The Morgan fingerprint density at radius 2 is 0.851 bits per heavy atom. The number of carbonyl (C=O) groups excluding carboxylic acids is 4. The Morgan fingerprint density at radius 1 is 0.527 bits per heavy atom. The number of likely N-dealkylation sites (tertiary alicyclic amines) is 1. The molecule has 0 spiro atoms.